The third-order valence-electron chi connectivity index (χ3n) is 2.71. The lowest BCUT2D eigenvalue weighted by Crippen LogP contribution is -2.73. The molecule has 0 aromatic heterocycles. The first-order valence-corrected chi connectivity index (χ1v) is 5.26. The molecule has 0 rings (SSSR count). The molecule has 0 N–H and O–H groups in total. The number of halogens is 15. The molecule has 0 saturated carbocycles. The second-order valence-electron chi connectivity index (χ2n) is 4.39. The molecule has 152 valence electrons. The van der Waals surface area contributed by atoms with Crippen molar-refractivity contribution in [3.63, 3.8) is 0 Å². The van der Waals surface area contributed by atoms with Crippen molar-refractivity contribution in [2.24, 2.45) is 0 Å². The Morgan fingerprint density at radius 1 is 0.538 bits per heavy atom. The van der Waals surface area contributed by atoms with E-state index in [1.54, 1.807) is 0 Å². The minimum atomic E-state index is -8.47. The van der Waals surface area contributed by atoms with E-state index in [4.69, 9.17) is 5.26 Å². The van der Waals surface area contributed by atoms with E-state index >= 15 is 0 Å². The van der Waals surface area contributed by atoms with Crippen LogP contribution in [0.15, 0.2) is 0 Å². The fourth-order valence-corrected chi connectivity index (χ4v) is 1.18. The van der Waals surface area contributed by atoms with Gasteiger partial charge >= 0.3 is 47.5 Å². The first-order valence-electron chi connectivity index (χ1n) is 5.26. The van der Waals surface area contributed by atoms with Crippen LogP contribution < -0.4 is 0 Å². The van der Waals surface area contributed by atoms with E-state index in [0.29, 0.717) is 0 Å². The molecule has 0 saturated heterocycles. The predicted octanol–water partition coefficient (Wildman–Crippen LogP) is 4.45. The van der Waals surface area contributed by atoms with Crippen LogP contribution in [0.3, 0.4) is 0 Å². The number of carbonyl (C=O) groups excluding carboxylic acids is 1. The molecular weight excluding hydrogens is 423 g/mol. The quantitative estimate of drug-likeness (QED) is 0.468. The van der Waals surface area contributed by atoms with E-state index < -0.39 is 53.6 Å². The number of alkyl halides is 15. The van der Waals surface area contributed by atoms with Crippen molar-refractivity contribution >= 4 is 5.78 Å². The molecule has 0 aromatic rings. The second kappa shape index (κ2) is 5.81. The lowest BCUT2D eigenvalue weighted by atomic mass is 9.90. The first kappa shape index (κ1) is 24.1. The van der Waals surface area contributed by atoms with Gasteiger partial charge in [0.1, 0.15) is 6.07 Å². The molecule has 0 aliphatic carbocycles. The Bertz CT molecular complexity index is 610. The Hall–Kier alpha value is -1.89. The van der Waals surface area contributed by atoms with Crippen LogP contribution in [0.1, 0.15) is 0 Å². The third-order valence-corrected chi connectivity index (χ3v) is 2.71. The van der Waals surface area contributed by atoms with Crippen LogP contribution >= 0.6 is 0 Å². The van der Waals surface area contributed by atoms with Crippen molar-refractivity contribution < 1.29 is 70.7 Å². The standard InChI is InChI=1S/C9F15NO/c10-3(11,2(26)1-25)4(12,13)5(14,15)6(16,17)7(18,19)8(20,21)9(22,23)24. The molecule has 0 atom stereocenters. The van der Waals surface area contributed by atoms with Crippen molar-refractivity contribution in [1.29, 1.82) is 5.26 Å². The van der Waals surface area contributed by atoms with Gasteiger partial charge in [0.2, 0.25) is 0 Å². The van der Waals surface area contributed by atoms with Crippen LogP contribution in [0, 0.1) is 11.3 Å². The highest BCUT2D eigenvalue weighted by Gasteiger charge is 2.94. The SMILES string of the molecule is N#CC(=O)C(F)(F)C(F)(F)C(F)(F)C(F)(F)C(F)(F)C(F)(F)C(F)(F)F. The molecule has 0 heterocycles. The van der Waals surface area contributed by atoms with E-state index in [0.717, 1.165) is 0 Å². The maximum Gasteiger partial charge on any atom is 0.460 e. The zero-order chi connectivity index (χ0) is 21.8. The van der Waals surface area contributed by atoms with Gasteiger partial charge in [-0.05, 0) is 0 Å². The van der Waals surface area contributed by atoms with Gasteiger partial charge in [-0.1, -0.05) is 0 Å². The number of carbonyl (C=O) groups is 1. The highest BCUT2D eigenvalue weighted by atomic mass is 19.4. The topological polar surface area (TPSA) is 40.9 Å². The summed E-state index contributed by atoms with van der Waals surface area (Å²) in [5.74, 6) is -52.3. The normalized spacial score (nSPS) is 15.6. The Kier molecular flexibility index (Phi) is 5.38. The summed E-state index contributed by atoms with van der Waals surface area (Å²) in [6.07, 6.45) is -7.70. The molecule has 0 unspecified atom stereocenters. The number of nitriles is 1. The monoisotopic (exact) mass is 423 g/mol. The van der Waals surface area contributed by atoms with Gasteiger partial charge in [0, 0.05) is 0 Å². The molecule has 0 aliphatic rings. The lowest BCUT2D eigenvalue weighted by molar-refractivity contribution is -0.449. The number of rotatable bonds is 6. The van der Waals surface area contributed by atoms with E-state index in [1.807, 2.05) is 0 Å². The van der Waals surface area contributed by atoms with E-state index in [2.05, 4.69) is 0 Å². The lowest BCUT2D eigenvalue weighted by Gasteiger charge is -2.40. The van der Waals surface area contributed by atoms with Gasteiger partial charge in [-0.3, -0.25) is 4.79 Å². The summed E-state index contributed by atoms with van der Waals surface area (Å²) in [6, 6.07) is -0.435. The Morgan fingerprint density at radius 3 is 1.08 bits per heavy atom. The molecule has 0 aliphatic heterocycles. The maximum absolute atomic E-state index is 13.0. The molecule has 0 radical (unpaired) electrons. The van der Waals surface area contributed by atoms with Gasteiger partial charge in [-0.25, -0.2) is 0 Å². The second-order valence-corrected chi connectivity index (χ2v) is 4.39. The highest BCUT2D eigenvalue weighted by Crippen LogP contribution is 2.62. The highest BCUT2D eigenvalue weighted by molar-refractivity contribution is 6.00. The molecule has 0 fully saturated rings. The predicted molar refractivity (Wildman–Crippen MR) is 46.4 cm³/mol. The Morgan fingerprint density at radius 2 is 0.808 bits per heavy atom. The largest absolute Gasteiger partial charge is 0.460 e. The summed E-state index contributed by atoms with van der Waals surface area (Å²) in [4.78, 5) is 10.2. The number of hydrogen-bond acceptors (Lipinski definition) is 2. The molecule has 0 amide bonds. The van der Waals surface area contributed by atoms with Crippen molar-refractivity contribution in [2.75, 3.05) is 0 Å². The summed E-state index contributed by atoms with van der Waals surface area (Å²) >= 11 is 0. The van der Waals surface area contributed by atoms with Crippen molar-refractivity contribution in [1.82, 2.24) is 0 Å². The Balaban J connectivity index is 6.61. The van der Waals surface area contributed by atoms with E-state index in [1.165, 1.54) is 0 Å². The number of Topliss-reactive ketones (excluding diaryl/α,β-unsaturated/α-hetero) is 1. The van der Waals surface area contributed by atoms with Gasteiger partial charge in [-0.15, -0.1) is 0 Å². The number of hydrogen-bond donors (Lipinski definition) is 0. The van der Waals surface area contributed by atoms with Crippen LogP contribution in [0.2, 0.25) is 0 Å². The maximum atomic E-state index is 13.0. The van der Waals surface area contributed by atoms with E-state index in [-0.39, 0.29) is 0 Å². The smallest absolute Gasteiger partial charge is 0.275 e. The summed E-state index contributed by atoms with van der Waals surface area (Å²) in [5.41, 5.74) is 0. The average Bonchev–Trinajstić information content (AvgIpc) is 2.43. The molecule has 0 spiro atoms. The van der Waals surface area contributed by atoms with Crippen LogP contribution in [0.25, 0.3) is 0 Å². The van der Waals surface area contributed by atoms with Crippen molar-refractivity contribution in [3.8, 4) is 6.07 Å². The van der Waals surface area contributed by atoms with Crippen LogP contribution in [-0.2, 0) is 4.79 Å². The number of ketones is 1. The van der Waals surface area contributed by atoms with Gasteiger partial charge in [0.15, 0.2) is 0 Å². The zero-order valence-electron chi connectivity index (χ0n) is 11.0. The third kappa shape index (κ3) is 2.73. The van der Waals surface area contributed by atoms with Crippen molar-refractivity contribution in [3.05, 3.63) is 0 Å². The molecule has 0 aromatic carbocycles. The zero-order valence-corrected chi connectivity index (χ0v) is 11.0. The minimum Gasteiger partial charge on any atom is -0.275 e. The van der Waals surface area contributed by atoms with Gasteiger partial charge in [0.05, 0.1) is 0 Å². The fraction of sp³-hybridized carbons (Fsp3) is 0.778. The molecule has 2 nitrogen and oxygen atoms in total. The first-order chi connectivity index (χ1) is 11.0. The van der Waals surface area contributed by atoms with Gasteiger partial charge < -0.3 is 0 Å². The van der Waals surface area contributed by atoms with Crippen LogP contribution in [0.4, 0.5) is 65.9 Å². The summed E-state index contributed by atoms with van der Waals surface area (Å²) in [7, 11) is 0. The van der Waals surface area contributed by atoms with E-state index in [9.17, 15) is 70.7 Å². The molecule has 0 bridgehead atoms. The summed E-state index contributed by atoms with van der Waals surface area (Å²) < 4.78 is 189. The number of nitrogens with zero attached hydrogens (tertiary/aromatic N) is 1. The van der Waals surface area contributed by atoms with Gasteiger partial charge in [0.25, 0.3) is 0 Å². The Labute approximate surface area is 131 Å². The summed E-state index contributed by atoms with van der Waals surface area (Å²) in [5, 5.41) is 7.64. The minimum absolute atomic E-state index is 0.435. The molecule has 26 heavy (non-hydrogen) atoms. The van der Waals surface area contributed by atoms with Gasteiger partial charge in [-0.2, -0.15) is 71.1 Å². The molecular formula is C9F15NO. The fourth-order valence-electron chi connectivity index (χ4n) is 1.18. The molecule has 17 heteroatoms. The average molecular weight is 423 g/mol. The van der Waals surface area contributed by atoms with Crippen LogP contribution in [-0.4, -0.2) is 47.5 Å². The van der Waals surface area contributed by atoms with Crippen LogP contribution in [0.5, 0.6) is 0 Å². The summed E-state index contributed by atoms with van der Waals surface area (Å²) in [6.45, 7) is 0. The van der Waals surface area contributed by atoms with Crippen molar-refractivity contribution in [2.45, 2.75) is 41.7 Å².